The Kier molecular flexibility index (Phi) is 4.42. The van der Waals surface area contributed by atoms with Crippen molar-refractivity contribution < 1.29 is 9.18 Å². The molecule has 1 N–H and O–H groups in total. The van der Waals surface area contributed by atoms with Crippen molar-refractivity contribution in [2.24, 2.45) is 0 Å². The summed E-state index contributed by atoms with van der Waals surface area (Å²) in [7, 11) is 3.97. The molecule has 2 rings (SSSR count). The molecule has 0 bridgehead atoms. The Morgan fingerprint density at radius 3 is 2.55 bits per heavy atom. The van der Waals surface area contributed by atoms with Gasteiger partial charge in [-0.2, -0.15) is 4.39 Å². The van der Waals surface area contributed by atoms with Crippen LogP contribution in [0.25, 0.3) is 0 Å². The second-order valence-corrected chi connectivity index (χ2v) is 4.73. The summed E-state index contributed by atoms with van der Waals surface area (Å²) in [6, 6.07) is 10.4. The lowest BCUT2D eigenvalue weighted by Crippen LogP contribution is -2.14. The number of anilines is 1. The van der Waals surface area contributed by atoms with Gasteiger partial charge in [-0.25, -0.2) is 4.98 Å². The van der Waals surface area contributed by atoms with Gasteiger partial charge in [0.1, 0.15) is 0 Å². The van der Waals surface area contributed by atoms with Crippen LogP contribution in [0.2, 0.25) is 0 Å². The summed E-state index contributed by atoms with van der Waals surface area (Å²) in [5.41, 5.74) is 1.70. The summed E-state index contributed by atoms with van der Waals surface area (Å²) in [5.74, 6) is -1.27. The predicted octanol–water partition coefficient (Wildman–Crippen LogP) is 2.53. The Hall–Kier alpha value is -2.27. The number of carbonyl (C=O) groups excluding carboxylic acids is 1. The van der Waals surface area contributed by atoms with Gasteiger partial charge in [-0.05, 0) is 43.9 Å². The summed E-state index contributed by atoms with van der Waals surface area (Å²) in [6.45, 7) is 0.825. The second kappa shape index (κ2) is 6.25. The molecule has 2 aromatic rings. The van der Waals surface area contributed by atoms with Crippen LogP contribution >= 0.6 is 0 Å². The predicted molar refractivity (Wildman–Crippen MR) is 76.0 cm³/mol. The zero-order chi connectivity index (χ0) is 14.5. The van der Waals surface area contributed by atoms with Crippen molar-refractivity contribution in [3.63, 3.8) is 0 Å². The zero-order valence-corrected chi connectivity index (χ0v) is 11.4. The third-order valence-electron chi connectivity index (χ3n) is 2.71. The van der Waals surface area contributed by atoms with Crippen molar-refractivity contribution in [1.29, 1.82) is 0 Å². The minimum absolute atomic E-state index is 0.0649. The van der Waals surface area contributed by atoms with E-state index >= 15 is 0 Å². The Bertz CT molecular complexity index is 596. The summed E-state index contributed by atoms with van der Waals surface area (Å²) in [4.78, 5) is 17.4. The fraction of sp³-hybridized carbons (Fsp3) is 0.200. The lowest BCUT2D eigenvalue weighted by molar-refractivity contribution is 0.102. The lowest BCUT2D eigenvalue weighted by atomic mass is 10.2. The standard InChI is InChI=1S/C15H16FN3O/c1-19(2)10-11-5-7-12(8-6-11)18-15(20)13-4-3-9-17-14(13)16/h3-9H,10H2,1-2H3,(H,18,20). The first-order chi connectivity index (χ1) is 9.56. The van der Waals surface area contributed by atoms with Gasteiger partial charge in [0.25, 0.3) is 5.91 Å². The van der Waals surface area contributed by atoms with Crippen LogP contribution in [-0.2, 0) is 6.54 Å². The fourth-order valence-electron chi connectivity index (χ4n) is 1.81. The molecule has 0 saturated heterocycles. The Labute approximate surface area is 117 Å². The molecular weight excluding hydrogens is 257 g/mol. The molecule has 1 aromatic carbocycles. The monoisotopic (exact) mass is 273 g/mol. The number of amides is 1. The average molecular weight is 273 g/mol. The van der Waals surface area contributed by atoms with E-state index in [-0.39, 0.29) is 5.56 Å². The van der Waals surface area contributed by atoms with E-state index in [0.29, 0.717) is 5.69 Å². The first kappa shape index (κ1) is 14.1. The number of nitrogens with zero attached hydrogens (tertiary/aromatic N) is 2. The molecule has 0 saturated carbocycles. The van der Waals surface area contributed by atoms with E-state index < -0.39 is 11.9 Å². The van der Waals surface area contributed by atoms with Gasteiger partial charge in [0.2, 0.25) is 5.95 Å². The van der Waals surface area contributed by atoms with Crippen molar-refractivity contribution >= 4 is 11.6 Å². The third-order valence-corrected chi connectivity index (χ3v) is 2.71. The van der Waals surface area contributed by atoms with Gasteiger partial charge in [-0.1, -0.05) is 12.1 Å². The van der Waals surface area contributed by atoms with Crippen LogP contribution in [-0.4, -0.2) is 29.9 Å². The number of halogens is 1. The maximum absolute atomic E-state index is 13.4. The number of carbonyl (C=O) groups is 1. The average Bonchev–Trinajstić information content (AvgIpc) is 2.41. The fourth-order valence-corrected chi connectivity index (χ4v) is 1.81. The van der Waals surface area contributed by atoms with Crippen molar-refractivity contribution in [2.45, 2.75) is 6.54 Å². The molecule has 0 unspecified atom stereocenters. The van der Waals surface area contributed by atoms with Gasteiger partial charge in [-0.15, -0.1) is 0 Å². The second-order valence-electron chi connectivity index (χ2n) is 4.73. The molecule has 1 aromatic heterocycles. The van der Waals surface area contributed by atoms with Crippen LogP contribution in [0.4, 0.5) is 10.1 Å². The summed E-state index contributed by atoms with van der Waals surface area (Å²) in [6.07, 6.45) is 1.31. The lowest BCUT2D eigenvalue weighted by Gasteiger charge is -2.10. The largest absolute Gasteiger partial charge is 0.322 e. The molecule has 104 valence electrons. The Morgan fingerprint density at radius 2 is 1.95 bits per heavy atom. The highest BCUT2D eigenvalue weighted by molar-refractivity contribution is 6.04. The van der Waals surface area contributed by atoms with Gasteiger partial charge in [0.15, 0.2) is 0 Å². The first-order valence-corrected chi connectivity index (χ1v) is 6.22. The maximum atomic E-state index is 13.4. The summed E-state index contributed by atoms with van der Waals surface area (Å²) in [5, 5.41) is 2.65. The van der Waals surface area contributed by atoms with E-state index in [9.17, 15) is 9.18 Å². The number of nitrogens with one attached hydrogen (secondary N) is 1. The Morgan fingerprint density at radius 1 is 1.25 bits per heavy atom. The van der Waals surface area contributed by atoms with Gasteiger partial charge >= 0.3 is 0 Å². The summed E-state index contributed by atoms with van der Waals surface area (Å²) >= 11 is 0. The molecule has 20 heavy (non-hydrogen) atoms. The van der Waals surface area contributed by atoms with Crippen LogP contribution in [0.5, 0.6) is 0 Å². The van der Waals surface area contributed by atoms with Crippen molar-refractivity contribution in [3.8, 4) is 0 Å². The van der Waals surface area contributed by atoms with Crippen LogP contribution in [0.3, 0.4) is 0 Å². The first-order valence-electron chi connectivity index (χ1n) is 6.22. The molecule has 5 heteroatoms. The highest BCUT2D eigenvalue weighted by atomic mass is 19.1. The molecule has 0 aliphatic heterocycles. The molecule has 0 aliphatic carbocycles. The minimum Gasteiger partial charge on any atom is -0.322 e. The highest BCUT2D eigenvalue weighted by Gasteiger charge is 2.11. The zero-order valence-electron chi connectivity index (χ0n) is 11.4. The highest BCUT2D eigenvalue weighted by Crippen LogP contribution is 2.13. The van der Waals surface area contributed by atoms with E-state index in [2.05, 4.69) is 15.2 Å². The normalized spacial score (nSPS) is 10.6. The molecule has 0 spiro atoms. The topological polar surface area (TPSA) is 45.2 Å². The molecule has 0 fully saturated rings. The number of pyridine rings is 1. The van der Waals surface area contributed by atoms with Crippen LogP contribution < -0.4 is 5.32 Å². The van der Waals surface area contributed by atoms with Crippen molar-refractivity contribution in [2.75, 3.05) is 19.4 Å². The third kappa shape index (κ3) is 3.61. The number of rotatable bonds is 4. The summed E-state index contributed by atoms with van der Waals surface area (Å²) < 4.78 is 13.4. The van der Waals surface area contributed by atoms with E-state index in [4.69, 9.17) is 0 Å². The van der Waals surface area contributed by atoms with E-state index in [0.717, 1.165) is 12.1 Å². The van der Waals surface area contributed by atoms with Gasteiger partial charge in [0.05, 0.1) is 5.56 Å². The molecule has 4 nitrogen and oxygen atoms in total. The van der Waals surface area contributed by atoms with E-state index in [1.165, 1.54) is 18.3 Å². The van der Waals surface area contributed by atoms with Crippen LogP contribution in [0, 0.1) is 5.95 Å². The number of aromatic nitrogens is 1. The quantitative estimate of drug-likeness (QED) is 0.871. The van der Waals surface area contributed by atoms with Gasteiger partial charge in [0, 0.05) is 18.4 Å². The molecular formula is C15H16FN3O. The molecule has 1 heterocycles. The van der Waals surface area contributed by atoms with E-state index in [1.54, 1.807) is 12.1 Å². The maximum Gasteiger partial charge on any atom is 0.260 e. The minimum atomic E-state index is -0.769. The number of hydrogen-bond acceptors (Lipinski definition) is 3. The number of hydrogen-bond donors (Lipinski definition) is 1. The van der Waals surface area contributed by atoms with Gasteiger partial charge in [-0.3, -0.25) is 4.79 Å². The van der Waals surface area contributed by atoms with Crippen LogP contribution in [0.1, 0.15) is 15.9 Å². The molecule has 0 atom stereocenters. The number of benzene rings is 1. The molecule has 0 aliphatic rings. The smallest absolute Gasteiger partial charge is 0.260 e. The van der Waals surface area contributed by atoms with Crippen molar-refractivity contribution in [3.05, 3.63) is 59.7 Å². The Balaban J connectivity index is 2.07. The molecule has 1 amide bonds. The van der Waals surface area contributed by atoms with E-state index in [1.807, 2.05) is 26.2 Å². The van der Waals surface area contributed by atoms with Crippen molar-refractivity contribution in [1.82, 2.24) is 9.88 Å². The molecule has 0 radical (unpaired) electrons. The van der Waals surface area contributed by atoms with Crippen LogP contribution in [0.15, 0.2) is 42.6 Å². The van der Waals surface area contributed by atoms with Gasteiger partial charge < -0.3 is 10.2 Å². The SMILES string of the molecule is CN(C)Cc1ccc(NC(=O)c2cccnc2F)cc1.